The normalized spacial score (nSPS) is 13.5. The lowest BCUT2D eigenvalue weighted by molar-refractivity contribution is 0.528. The van der Waals surface area contributed by atoms with Crippen molar-refractivity contribution in [2.45, 2.75) is 38.5 Å². The number of hydrogen-bond donors (Lipinski definition) is 2. The molecule has 0 aliphatic heterocycles. The van der Waals surface area contributed by atoms with Crippen LogP contribution in [0.1, 0.15) is 45.0 Å². The predicted octanol–water partition coefficient (Wildman–Crippen LogP) is 4.63. The molecule has 0 radical (unpaired) electrons. The van der Waals surface area contributed by atoms with E-state index in [9.17, 15) is 14.6 Å². The van der Waals surface area contributed by atoms with Crippen LogP contribution in [0.2, 0.25) is 5.02 Å². The zero-order valence-electron chi connectivity index (χ0n) is 20.0. The molecule has 4 rings (SSSR count). The number of nitrogens with zero attached hydrogens (tertiary/aromatic N) is 4. The number of aromatic amines is 1. The van der Waals surface area contributed by atoms with Gasteiger partial charge in [0.2, 0.25) is 0 Å². The fourth-order valence-electron chi connectivity index (χ4n) is 3.88. The molecule has 2 atom stereocenters. The topological polar surface area (TPSA) is 122 Å². The van der Waals surface area contributed by atoms with E-state index in [1.54, 1.807) is 36.1 Å². The molecule has 10 heteroatoms. The number of H-pyrrole nitrogens is 1. The smallest absolute Gasteiger partial charge is 0.272 e. The third-order valence-corrected chi connectivity index (χ3v) is 7.69. The molecule has 0 amide bonds. The third-order valence-electron chi connectivity index (χ3n) is 5.70. The van der Waals surface area contributed by atoms with E-state index in [0.29, 0.717) is 32.6 Å². The zero-order valence-corrected chi connectivity index (χ0v) is 21.6. The zero-order chi connectivity index (χ0) is 25.5. The molecule has 0 saturated heterocycles. The Balaban J connectivity index is 1.88. The Bertz CT molecular complexity index is 1520. The van der Waals surface area contributed by atoms with Gasteiger partial charge in [-0.25, -0.2) is 5.10 Å². The molecule has 0 aliphatic carbocycles. The molecule has 0 saturated carbocycles. The summed E-state index contributed by atoms with van der Waals surface area (Å²) in [5.74, 6) is 0. The van der Waals surface area contributed by atoms with Crippen LogP contribution >= 0.6 is 11.6 Å². The maximum atomic E-state index is 12.7. The number of nitrogens with one attached hydrogen (secondary N) is 2. The van der Waals surface area contributed by atoms with E-state index in [4.69, 9.17) is 11.6 Å². The van der Waals surface area contributed by atoms with Crippen LogP contribution < -0.4 is 10.3 Å². The predicted molar refractivity (Wildman–Crippen MR) is 139 cm³/mol. The first-order valence-electron chi connectivity index (χ1n) is 10.9. The average molecular weight is 509 g/mol. The third kappa shape index (κ3) is 4.70. The summed E-state index contributed by atoms with van der Waals surface area (Å²) in [4.78, 5) is 12.5. The Morgan fingerprint density at radius 1 is 1.23 bits per heavy atom. The van der Waals surface area contributed by atoms with Crippen LogP contribution in [0.4, 0.5) is 0 Å². The molecule has 0 bridgehead atoms. The quantitative estimate of drug-likeness (QED) is 0.379. The van der Waals surface area contributed by atoms with E-state index in [1.165, 1.54) is 0 Å². The fourth-order valence-corrected chi connectivity index (χ4v) is 4.88. The summed E-state index contributed by atoms with van der Waals surface area (Å²) in [5.41, 5.74) is 3.58. The SMILES string of the molecule is C[C@@H](N[S@+]([O-])C(C)(C)C)c1n[nH]c(=O)c2ccc(-c3cnn(C)c3-c3cccc(Cl)c3C#N)cc12. The van der Waals surface area contributed by atoms with Gasteiger partial charge in [-0.1, -0.05) is 29.8 Å². The molecular formula is C25H25ClN6O2S. The van der Waals surface area contributed by atoms with Gasteiger partial charge in [-0.05, 0) is 51.5 Å². The lowest BCUT2D eigenvalue weighted by Crippen LogP contribution is -2.41. The number of benzene rings is 2. The number of hydrogen-bond acceptors (Lipinski definition) is 6. The van der Waals surface area contributed by atoms with Gasteiger partial charge >= 0.3 is 0 Å². The van der Waals surface area contributed by atoms with Crippen LogP contribution in [-0.4, -0.2) is 29.3 Å². The van der Waals surface area contributed by atoms with Gasteiger partial charge in [-0.2, -0.15) is 15.5 Å². The van der Waals surface area contributed by atoms with Crippen molar-refractivity contribution in [3.8, 4) is 28.5 Å². The molecule has 2 N–H and O–H groups in total. The summed E-state index contributed by atoms with van der Waals surface area (Å²) in [6, 6.07) is 12.5. The molecule has 2 heterocycles. The van der Waals surface area contributed by atoms with Crippen LogP contribution in [0.3, 0.4) is 0 Å². The summed E-state index contributed by atoms with van der Waals surface area (Å²) in [6.07, 6.45) is 1.72. The van der Waals surface area contributed by atoms with Gasteiger partial charge in [0, 0.05) is 34.9 Å². The van der Waals surface area contributed by atoms with Crippen LogP contribution in [0.25, 0.3) is 33.2 Å². The number of aryl methyl sites for hydroxylation is 1. The first-order chi connectivity index (χ1) is 16.5. The lowest BCUT2D eigenvalue weighted by atomic mass is 9.96. The molecular weight excluding hydrogens is 484 g/mol. The first-order valence-corrected chi connectivity index (χ1v) is 12.5. The second-order valence-electron chi connectivity index (χ2n) is 9.22. The standard InChI is InChI=1S/C25H25ClN6O2S/c1-14(31-35(34)25(2,3)4)22-18-11-15(9-10-17(18)24(33)30-29-22)20-13-28-32(5)23(20)16-7-6-8-21(26)19(16)12-27/h6-11,13-14,31H,1-5H3,(H,30,33)/t14-,35-/m1/s1. The maximum Gasteiger partial charge on any atom is 0.272 e. The minimum atomic E-state index is -1.33. The Morgan fingerprint density at radius 2 is 1.97 bits per heavy atom. The minimum Gasteiger partial charge on any atom is -0.598 e. The largest absolute Gasteiger partial charge is 0.598 e. The van der Waals surface area contributed by atoms with Gasteiger partial charge in [0.1, 0.15) is 10.8 Å². The van der Waals surface area contributed by atoms with Crippen molar-refractivity contribution in [1.82, 2.24) is 24.7 Å². The first kappa shape index (κ1) is 24.9. The van der Waals surface area contributed by atoms with E-state index in [-0.39, 0.29) is 5.56 Å². The summed E-state index contributed by atoms with van der Waals surface area (Å²) >= 11 is 4.96. The second-order valence-corrected chi connectivity index (χ2v) is 11.6. The second kappa shape index (κ2) is 9.47. The molecule has 4 aromatic rings. The van der Waals surface area contributed by atoms with Crippen molar-refractivity contribution in [3.63, 3.8) is 0 Å². The van der Waals surface area contributed by atoms with E-state index in [1.807, 2.05) is 45.9 Å². The van der Waals surface area contributed by atoms with Crippen molar-refractivity contribution < 1.29 is 4.55 Å². The van der Waals surface area contributed by atoms with E-state index >= 15 is 0 Å². The van der Waals surface area contributed by atoms with E-state index in [2.05, 4.69) is 26.1 Å². The molecule has 0 spiro atoms. The molecule has 0 aliphatic rings. The molecule has 2 aromatic carbocycles. The number of rotatable bonds is 5. The molecule has 180 valence electrons. The van der Waals surface area contributed by atoms with E-state index in [0.717, 1.165) is 16.8 Å². The summed E-state index contributed by atoms with van der Waals surface area (Å²) in [6.45, 7) is 7.51. The highest BCUT2D eigenvalue weighted by atomic mass is 35.5. The van der Waals surface area contributed by atoms with Crippen molar-refractivity contribution in [2.24, 2.45) is 7.05 Å². The highest BCUT2D eigenvalue weighted by Crippen LogP contribution is 2.37. The van der Waals surface area contributed by atoms with Gasteiger partial charge in [0.05, 0.1) is 39.6 Å². The minimum absolute atomic E-state index is 0.313. The molecule has 35 heavy (non-hydrogen) atoms. The van der Waals surface area contributed by atoms with Gasteiger partial charge in [0.15, 0.2) is 0 Å². The Labute approximate surface area is 211 Å². The van der Waals surface area contributed by atoms with Crippen molar-refractivity contribution in [3.05, 3.63) is 69.2 Å². The molecule has 0 fully saturated rings. The average Bonchev–Trinajstić information content (AvgIpc) is 3.19. The maximum absolute atomic E-state index is 12.7. The Hall–Kier alpha value is -3.16. The Kier molecular flexibility index (Phi) is 6.75. The monoisotopic (exact) mass is 508 g/mol. The summed E-state index contributed by atoms with van der Waals surface area (Å²) in [5, 5.41) is 22.4. The van der Waals surface area contributed by atoms with Crippen LogP contribution in [-0.2, 0) is 18.4 Å². The van der Waals surface area contributed by atoms with Crippen LogP contribution in [0.5, 0.6) is 0 Å². The lowest BCUT2D eigenvalue weighted by Gasteiger charge is -2.26. The van der Waals surface area contributed by atoms with Crippen LogP contribution in [0.15, 0.2) is 47.4 Å². The van der Waals surface area contributed by atoms with Gasteiger partial charge in [-0.3, -0.25) is 9.48 Å². The highest BCUT2D eigenvalue weighted by molar-refractivity contribution is 7.90. The highest BCUT2D eigenvalue weighted by Gasteiger charge is 2.29. The van der Waals surface area contributed by atoms with Gasteiger partial charge in [-0.15, -0.1) is 4.72 Å². The van der Waals surface area contributed by atoms with Gasteiger partial charge < -0.3 is 4.55 Å². The van der Waals surface area contributed by atoms with Crippen LogP contribution in [0, 0.1) is 11.3 Å². The van der Waals surface area contributed by atoms with Crippen molar-refractivity contribution in [2.75, 3.05) is 0 Å². The number of aromatic nitrogens is 4. The van der Waals surface area contributed by atoms with Crippen molar-refractivity contribution >= 4 is 33.7 Å². The number of halogens is 1. The molecule has 2 aromatic heterocycles. The van der Waals surface area contributed by atoms with Crippen molar-refractivity contribution in [1.29, 1.82) is 5.26 Å². The van der Waals surface area contributed by atoms with E-state index < -0.39 is 22.2 Å². The Morgan fingerprint density at radius 3 is 2.66 bits per heavy atom. The molecule has 0 unspecified atom stereocenters. The van der Waals surface area contributed by atoms with Gasteiger partial charge in [0.25, 0.3) is 5.56 Å². The fraction of sp³-hybridized carbons (Fsp3) is 0.280. The molecule has 8 nitrogen and oxygen atoms in total. The number of nitriles is 1. The number of fused-ring (bicyclic) bond motifs is 1. The summed E-state index contributed by atoms with van der Waals surface area (Å²) in [7, 11) is 1.80. The summed E-state index contributed by atoms with van der Waals surface area (Å²) < 4.78 is 17.0.